The predicted octanol–water partition coefficient (Wildman–Crippen LogP) is 17.4. The molecule has 1 heteroatoms. The summed E-state index contributed by atoms with van der Waals surface area (Å²) in [5.41, 5.74) is 0. The van der Waals surface area contributed by atoms with Gasteiger partial charge in [0.05, 0.1) is 0 Å². The number of hydrogen-bond donors (Lipinski definition) is 0. The molecule has 0 saturated carbocycles. The van der Waals surface area contributed by atoms with Crippen LogP contribution in [0, 0.1) is 11.8 Å². The molecule has 2 unspecified atom stereocenters. The molecule has 0 saturated heterocycles. The molecular weight excluding hydrogens is 583 g/mol. The van der Waals surface area contributed by atoms with E-state index in [9.17, 15) is 0 Å². The van der Waals surface area contributed by atoms with Crippen LogP contribution >= 0.6 is 6.60 Å². The first-order valence-electron chi connectivity index (χ1n) is 23.0. The molecule has 0 aromatic carbocycles. The molecule has 0 nitrogen and oxygen atoms in total. The topological polar surface area (TPSA) is 0 Å². The number of hydrogen-bond acceptors (Lipinski definition) is 0. The van der Waals surface area contributed by atoms with Crippen molar-refractivity contribution in [2.75, 3.05) is 30.8 Å². The van der Waals surface area contributed by atoms with Gasteiger partial charge in [-0.15, -0.1) is 0 Å². The van der Waals surface area contributed by atoms with Crippen molar-refractivity contribution in [2.24, 2.45) is 11.8 Å². The van der Waals surface area contributed by atoms with Crippen LogP contribution in [0.5, 0.6) is 0 Å². The minimum atomic E-state index is -1.87. The second-order valence-corrected chi connectivity index (χ2v) is 23.6. The Bertz CT molecular complexity index is 535. The van der Waals surface area contributed by atoms with Crippen LogP contribution in [-0.4, -0.2) is 30.8 Å². The third kappa shape index (κ3) is 25.1. The van der Waals surface area contributed by atoms with Crippen molar-refractivity contribution in [3.8, 4) is 0 Å². The Kier molecular flexibility index (Phi) is 33.9. The molecule has 2 atom stereocenters. The molecular formula is C46H97P. The van der Waals surface area contributed by atoms with Gasteiger partial charge in [0.1, 0.15) is 0 Å². The van der Waals surface area contributed by atoms with Crippen molar-refractivity contribution in [1.29, 1.82) is 0 Å². The van der Waals surface area contributed by atoms with Gasteiger partial charge in [-0.1, -0.05) is 0 Å². The van der Waals surface area contributed by atoms with E-state index in [-0.39, 0.29) is 0 Å². The average molecular weight is 681 g/mol. The van der Waals surface area contributed by atoms with Crippen LogP contribution in [0.15, 0.2) is 0 Å². The van der Waals surface area contributed by atoms with E-state index in [2.05, 4.69) is 48.5 Å². The van der Waals surface area contributed by atoms with E-state index in [1.807, 2.05) is 0 Å². The zero-order valence-corrected chi connectivity index (χ0v) is 35.7. The van der Waals surface area contributed by atoms with Crippen molar-refractivity contribution in [3.05, 3.63) is 0 Å². The summed E-state index contributed by atoms with van der Waals surface area (Å²) in [4.78, 5) is 0. The van der Waals surface area contributed by atoms with Crippen molar-refractivity contribution in [1.82, 2.24) is 0 Å². The van der Waals surface area contributed by atoms with Crippen molar-refractivity contribution >= 4 is 6.60 Å². The summed E-state index contributed by atoms with van der Waals surface area (Å²) in [7, 11) is 0. The summed E-state index contributed by atoms with van der Waals surface area (Å²) in [6, 6.07) is 0. The third-order valence-electron chi connectivity index (χ3n) is 12.6. The van der Waals surface area contributed by atoms with Gasteiger partial charge in [0.15, 0.2) is 0 Å². The molecule has 47 heavy (non-hydrogen) atoms. The molecule has 0 aliphatic rings. The fourth-order valence-corrected chi connectivity index (χ4v) is 18.4. The van der Waals surface area contributed by atoms with Gasteiger partial charge in [0.2, 0.25) is 0 Å². The standard InChI is InChI=1S/C46H97P/c1-8-15-20-23-26-29-32-35-40-47(43-45(13-6)38-18-11-4,44-46(14-7)39-19-12-5,41-36-33-30-27-24-21-16-9-2)42-37-34-31-28-25-22-17-10-3/h45-46H,8-44H2,1-7H3. The molecule has 0 rings (SSSR count). The first-order chi connectivity index (χ1) is 23.0. The predicted molar refractivity (Wildman–Crippen MR) is 226 cm³/mol. The molecule has 0 aliphatic carbocycles. The van der Waals surface area contributed by atoms with Gasteiger partial charge in [-0.3, -0.25) is 0 Å². The SMILES string of the molecule is CCCCCCCCCCP(CCCCCCCCCC)(CCCCCCCCCC)(CC(CC)CCCC)CC(CC)CCCC. The zero-order valence-electron chi connectivity index (χ0n) is 34.8. The quantitative estimate of drug-likeness (QED) is 0.0448. The van der Waals surface area contributed by atoms with Crippen LogP contribution in [0.2, 0.25) is 0 Å². The van der Waals surface area contributed by atoms with E-state index in [0.717, 1.165) is 11.8 Å². The second kappa shape index (κ2) is 33.6. The van der Waals surface area contributed by atoms with E-state index >= 15 is 0 Å². The Labute approximate surface area is 302 Å². The summed E-state index contributed by atoms with van der Waals surface area (Å²) >= 11 is 0. The third-order valence-corrected chi connectivity index (χ3v) is 20.4. The number of rotatable bonds is 39. The van der Waals surface area contributed by atoms with Gasteiger partial charge in [0.25, 0.3) is 0 Å². The van der Waals surface area contributed by atoms with Crippen molar-refractivity contribution in [2.45, 2.75) is 254 Å². The van der Waals surface area contributed by atoms with E-state index in [1.165, 1.54) is 186 Å². The Morgan fingerprint density at radius 2 is 0.511 bits per heavy atom. The Morgan fingerprint density at radius 3 is 0.745 bits per heavy atom. The Morgan fingerprint density at radius 1 is 0.277 bits per heavy atom. The van der Waals surface area contributed by atoms with Crippen LogP contribution in [-0.2, 0) is 0 Å². The second-order valence-electron chi connectivity index (χ2n) is 17.0. The average Bonchev–Trinajstić information content (AvgIpc) is 3.09. The zero-order chi connectivity index (χ0) is 34.8. The maximum absolute atomic E-state index is 2.57. The molecule has 0 heterocycles. The van der Waals surface area contributed by atoms with Gasteiger partial charge in [-0.25, -0.2) is 0 Å². The van der Waals surface area contributed by atoms with Gasteiger partial charge in [-0.2, -0.15) is 0 Å². The van der Waals surface area contributed by atoms with E-state index in [1.54, 1.807) is 50.1 Å². The van der Waals surface area contributed by atoms with E-state index in [0.29, 0.717) is 0 Å². The molecule has 0 radical (unpaired) electrons. The first-order valence-corrected chi connectivity index (χ1v) is 26.1. The van der Waals surface area contributed by atoms with Crippen LogP contribution in [0.1, 0.15) is 254 Å². The van der Waals surface area contributed by atoms with Gasteiger partial charge < -0.3 is 0 Å². The monoisotopic (exact) mass is 681 g/mol. The van der Waals surface area contributed by atoms with Gasteiger partial charge in [0, 0.05) is 0 Å². The normalized spacial score (nSPS) is 14.3. The van der Waals surface area contributed by atoms with Crippen LogP contribution < -0.4 is 0 Å². The Balaban J connectivity index is 6.20. The summed E-state index contributed by atoms with van der Waals surface area (Å²) in [6.07, 6.45) is 55.6. The molecule has 0 amide bonds. The summed E-state index contributed by atoms with van der Waals surface area (Å²) in [5, 5.41) is 0. The van der Waals surface area contributed by atoms with E-state index in [4.69, 9.17) is 0 Å². The molecule has 0 spiro atoms. The molecule has 286 valence electrons. The molecule has 0 N–H and O–H groups in total. The van der Waals surface area contributed by atoms with Crippen LogP contribution in [0.3, 0.4) is 0 Å². The maximum atomic E-state index is 2.57. The Hall–Kier alpha value is 0.430. The van der Waals surface area contributed by atoms with Gasteiger partial charge in [-0.05, 0) is 0 Å². The summed E-state index contributed by atoms with van der Waals surface area (Å²) in [6.45, 7) is 15.2. The van der Waals surface area contributed by atoms with Crippen molar-refractivity contribution < 1.29 is 0 Å². The van der Waals surface area contributed by atoms with Gasteiger partial charge >= 0.3 is 303 Å². The fourth-order valence-electron chi connectivity index (χ4n) is 9.33. The number of unbranched alkanes of at least 4 members (excludes halogenated alkanes) is 23. The molecule has 0 aromatic rings. The minimum absolute atomic E-state index is 0.994. The fraction of sp³-hybridized carbons (Fsp3) is 1.00. The van der Waals surface area contributed by atoms with Crippen LogP contribution in [0.25, 0.3) is 0 Å². The summed E-state index contributed by atoms with van der Waals surface area (Å²) in [5.74, 6) is 1.99. The molecule has 0 aromatic heterocycles. The van der Waals surface area contributed by atoms with Crippen LogP contribution in [0.4, 0.5) is 0 Å². The molecule has 0 bridgehead atoms. The molecule has 0 aliphatic heterocycles. The first kappa shape index (κ1) is 47.4. The summed E-state index contributed by atoms with van der Waals surface area (Å²) < 4.78 is 0. The van der Waals surface area contributed by atoms with E-state index < -0.39 is 6.60 Å². The molecule has 0 fully saturated rings. The van der Waals surface area contributed by atoms with Crippen molar-refractivity contribution in [3.63, 3.8) is 0 Å².